The lowest BCUT2D eigenvalue weighted by Crippen LogP contribution is -2.34. The fourth-order valence-electron chi connectivity index (χ4n) is 3.15. The zero-order chi connectivity index (χ0) is 20.4. The number of imide groups is 1. The van der Waals surface area contributed by atoms with Crippen LogP contribution in [0.4, 0.5) is 10.5 Å². The average Bonchev–Trinajstić information content (AvgIpc) is 3.28. The Morgan fingerprint density at radius 1 is 1.17 bits per heavy atom. The molecule has 2 heterocycles. The molecule has 2 aromatic carbocycles. The first-order chi connectivity index (χ1) is 14.0. The molecule has 2 aromatic rings. The molecule has 29 heavy (non-hydrogen) atoms. The van der Waals surface area contributed by atoms with E-state index in [-0.39, 0.29) is 19.8 Å². The van der Waals surface area contributed by atoms with Crippen LogP contribution in [0.5, 0.6) is 17.2 Å². The number of ether oxygens (including phenoxy) is 3. The summed E-state index contributed by atoms with van der Waals surface area (Å²) >= 11 is 0. The summed E-state index contributed by atoms with van der Waals surface area (Å²) in [5, 5.41) is 5.26. The Kier molecular flexibility index (Phi) is 4.94. The third kappa shape index (κ3) is 3.93. The maximum atomic E-state index is 12.6. The first kappa shape index (κ1) is 18.6. The molecule has 0 aliphatic carbocycles. The average molecular weight is 397 g/mol. The normalized spacial score (nSPS) is 17.3. The molecule has 0 unspecified atom stereocenters. The van der Waals surface area contributed by atoms with Crippen molar-refractivity contribution in [3.8, 4) is 17.2 Å². The van der Waals surface area contributed by atoms with Gasteiger partial charge in [0.1, 0.15) is 11.8 Å². The SMILES string of the molecule is COc1ccc(CN2C(=O)N[C@@H](CC(=O)Nc3ccc4c(c3)OCO4)C2=O)cc1. The van der Waals surface area contributed by atoms with Crippen LogP contribution in [0.3, 0.4) is 0 Å². The molecular formula is C20H19N3O6. The van der Waals surface area contributed by atoms with Crippen molar-refractivity contribution in [1.82, 2.24) is 10.2 Å². The third-order valence-electron chi connectivity index (χ3n) is 4.65. The topological polar surface area (TPSA) is 106 Å². The van der Waals surface area contributed by atoms with Gasteiger partial charge in [0, 0.05) is 11.8 Å². The Hall–Kier alpha value is -3.75. The van der Waals surface area contributed by atoms with Crippen molar-refractivity contribution in [2.75, 3.05) is 19.2 Å². The van der Waals surface area contributed by atoms with Crippen LogP contribution >= 0.6 is 0 Å². The molecule has 0 radical (unpaired) electrons. The summed E-state index contributed by atoms with van der Waals surface area (Å²) in [6.45, 7) is 0.258. The van der Waals surface area contributed by atoms with Gasteiger partial charge in [-0.3, -0.25) is 14.5 Å². The van der Waals surface area contributed by atoms with E-state index in [1.54, 1.807) is 49.6 Å². The number of urea groups is 1. The van der Waals surface area contributed by atoms with Crippen LogP contribution in [-0.4, -0.2) is 42.7 Å². The fraction of sp³-hybridized carbons (Fsp3) is 0.250. The van der Waals surface area contributed by atoms with Crippen molar-refractivity contribution < 1.29 is 28.6 Å². The van der Waals surface area contributed by atoms with E-state index in [4.69, 9.17) is 14.2 Å². The Morgan fingerprint density at radius 2 is 1.93 bits per heavy atom. The lowest BCUT2D eigenvalue weighted by Gasteiger charge is -2.13. The third-order valence-corrected chi connectivity index (χ3v) is 4.65. The van der Waals surface area contributed by atoms with Crippen LogP contribution in [0.2, 0.25) is 0 Å². The van der Waals surface area contributed by atoms with Crippen molar-refractivity contribution in [3.05, 3.63) is 48.0 Å². The first-order valence-corrected chi connectivity index (χ1v) is 8.98. The number of methoxy groups -OCH3 is 1. The number of anilines is 1. The Labute approximate surface area is 166 Å². The predicted molar refractivity (Wildman–Crippen MR) is 102 cm³/mol. The number of hydrogen-bond acceptors (Lipinski definition) is 6. The maximum absolute atomic E-state index is 12.6. The quantitative estimate of drug-likeness (QED) is 0.721. The molecule has 9 nitrogen and oxygen atoms in total. The summed E-state index contributed by atoms with van der Waals surface area (Å²) in [5.74, 6) is 0.999. The molecule has 2 N–H and O–H groups in total. The van der Waals surface area contributed by atoms with Gasteiger partial charge in [-0.2, -0.15) is 0 Å². The number of rotatable bonds is 6. The van der Waals surface area contributed by atoms with Crippen LogP contribution in [0.15, 0.2) is 42.5 Å². The number of amides is 4. The summed E-state index contributed by atoms with van der Waals surface area (Å²) in [6, 6.07) is 10.6. The zero-order valence-electron chi connectivity index (χ0n) is 15.6. The largest absolute Gasteiger partial charge is 0.497 e. The van der Waals surface area contributed by atoms with Gasteiger partial charge in [0.2, 0.25) is 12.7 Å². The summed E-state index contributed by atoms with van der Waals surface area (Å²) in [4.78, 5) is 38.2. The number of fused-ring (bicyclic) bond motifs is 1. The van der Waals surface area contributed by atoms with Crippen molar-refractivity contribution >= 4 is 23.5 Å². The molecule has 4 amide bonds. The van der Waals surface area contributed by atoms with Gasteiger partial charge in [-0.15, -0.1) is 0 Å². The van der Waals surface area contributed by atoms with E-state index in [2.05, 4.69) is 10.6 Å². The summed E-state index contributed by atoms with van der Waals surface area (Å²) in [7, 11) is 1.56. The molecule has 1 fully saturated rings. The molecule has 2 aliphatic heterocycles. The van der Waals surface area contributed by atoms with E-state index in [9.17, 15) is 14.4 Å². The Morgan fingerprint density at radius 3 is 2.69 bits per heavy atom. The molecule has 0 saturated carbocycles. The standard InChI is InChI=1S/C20H19N3O6/c1-27-14-5-2-12(3-6-14)10-23-19(25)15(22-20(23)26)9-18(24)21-13-4-7-16-17(8-13)29-11-28-16/h2-8,15H,9-11H2,1H3,(H,21,24)(H,22,26)/t15-/m0/s1. The van der Waals surface area contributed by atoms with Crippen LogP contribution in [0, 0.1) is 0 Å². The molecular weight excluding hydrogens is 378 g/mol. The van der Waals surface area contributed by atoms with E-state index in [1.165, 1.54) is 0 Å². The van der Waals surface area contributed by atoms with Gasteiger partial charge in [-0.05, 0) is 29.8 Å². The molecule has 150 valence electrons. The van der Waals surface area contributed by atoms with Crippen molar-refractivity contribution in [3.63, 3.8) is 0 Å². The van der Waals surface area contributed by atoms with Gasteiger partial charge in [-0.25, -0.2) is 4.79 Å². The highest BCUT2D eigenvalue weighted by atomic mass is 16.7. The molecule has 0 aromatic heterocycles. The first-order valence-electron chi connectivity index (χ1n) is 8.98. The van der Waals surface area contributed by atoms with Crippen molar-refractivity contribution in [2.24, 2.45) is 0 Å². The summed E-state index contributed by atoms with van der Waals surface area (Å²) < 4.78 is 15.6. The molecule has 9 heteroatoms. The lowest BCUT2D eigenvalue weighted by molar-refractivity contribution is -0.130. The van der Waals surface area contributed by atoms with Crippen LogP contribution < -0.4 is 24.8 Å². The number of nitrogens with zero attached hydrogens (tertiary/aromatic N) is 1. The number of nitrogens with one attached hydrogen (secondary N) is 2. The summed E-state index contributed by atoms with van der Waals surface area (Å²) in [5.41, 5.74) is 1.30. The summed E-state index contributed by atoms with van der Waals surface area (Å²) in [6.07, 6.45) is -0.169. The Balaban J connectivity index is 1.36. The molecule has 1 saturated heterocycles. The molecule has 0 spiro atoms. The fourth-order valence-corrected chi connectivity index (χ4v) is 3.15. The monoisotopic (exact) mass is 397 g/mol. The maximum Gasteiger partial charge on any atom is 0.325 e. The van der Waals surface area contributed by atoms with E-state index in [1.807, 2.05) is 0 Å². The van der Waals surface area contributed by atoms with Gasteiger partial charge in [0.05, 0.1) is 20.1 Å². The minimum absolute atomic E-state index is 0.120. The van der Waals surface area contributed by atoms with Gasteiger partial charge in [0.25, 0.3) is 5.91 Å². The van der Waals surface area contributed by atoms with Crippen LogP contribution in [-0.2, 0) is 16.1 Å². The van der Waals surface area contributed by atoms with E-state index < -0.39 is 23.9 Å². The minimum Gasteiger partial charge on any atom is -0.497 e. The number of carbonyl (C=O) groups excluding carboxylic acids is 3. The number of carbonyl (C=O) groups is 3. The van der Waals surface area contributed by atoms with Gasteiger partial charge in [0.15, 0.2) is 11.5 Å². The van der Waals surface area contributed by atoms with Gasteiger partial charge < -0.3 is 24.8 Å². The molecule has 4 rings (SSSR count). The number of benzene rings is 2. The smallest absolute Gasteiger partial charge is 0.325 e. The highest BCUT2D eigenvalue weighted by Crippen LogP contribution is 2.34. The highest BCUT2D eigenvalue weighted by molar-refractivity contribution is 6.06. The lowest BCUT2D eigenvalue weighted by atomic mass is 10.1. The highest BCUT2D eigenvalue weighted by Gasteiger charge is 2.39. The molecule has 0 bridgehead atoms. The number of hydrogen-bond donors (Lipinski definition) is 2. The van der Waals surface area contributed by atoms with E-state index >= 15 is 0 Å². The zero-order valence-corrected chi connectivity index (χ0v) is 15.6. The molecule has 1 atom stereocenters. The second kappa shape index (κ2) is 7.70. The van der Waals surface area contributed by atoms with E-state index in [0.717, 1.165) is 10.5 Å². The van der Waals surface area contributed by atoms with E-state index in [0.29, 0.717) is 22.9 Å². The van der Waals surface area contributed by atoms with Crippen LogP contribution in [0.25, 0.3) is 0 Å². The minimum atomic E-state index is -0.908. The Bertz CT molecular complexity index is 959. The molecule has 2 aliphatic rings. The second-order valence-corrected chi connectivity index (χ2v) is 6.59. The predicted octanol–water partition coefficient (Wildman–Crippen LogP) is 1.87. The van der Waals surface area contributed by atoms with Gasteiger partial charge >= 0.3 is 6.03 Å². The van der Waals surface area contributed by atoms with Crippen LogP contribution in [0.1, 0.15) is 12.0 Å². The van der Waals surface area contributed by atoms with Crippen molar-refractivity contribution in [1.29, 1.82) is 0 Å². The second-order valence-electron chi connectivity index (χ2n) is 6.59. The van der Waals surface area contributed by atoms with Crippen molar-refractivity contribution in [2.45, 2.75) is 19.0 Å². The van der Waals surface area contributed by atoms with Gasteiger partial charge in [-0.1, -0.05) is 12.1 Å².